The Balaban J connectivity index is 2.01. The molecule has 0 spiro atoms. The third kappa shape index (κ3) is 3.77. The van der Waals surface area contributed by atoms with Gasteiger partial charge in [-0.15, -0.1) is 0 Å². The second-order valence-corrected chi connectivity index (χ2v) is 6.43. The Morgan fingerprint density at radius 3 is 2.71 bits per heavy atom. The van der Waals surface area contributed by atoms with Gasteiger partial charge in [0.1, 0.15) is 11.6 Å². The molecule has 1 aromatic heterocycles. The van der Waals surface area contributed by atoms with Crippen LogP contribution in [0.5, 0.6) is 11.5 Å². The minimum atomic E-state index is -0.302. The highest BCUT2D eigenvalue weighted by molar-refractivity contribution is 6.20. The number of hydrogen-bond donors (Lipinski definition) is 1. The summed E-state index contributed by atoms with van der Waals surface area (Å²) in [5.41, 5.74) is 2.92. The molecule has 0 aliphatic heterocycles. The summed E-state index contributed by atoms with van der Waals surface area (Å²) < 4.78 is 11.0. The summed E-state index contributed by atoms with van der Waals surface area (Å²) in [4.78, 5) is 16.3. The fourth-order valence-corrected chi connectivity index (χ4v) is 3.13. The normalized spacial score (nSPS) is 11.3. The molecule has 1 N–H and O–H groups in total. The molecule has 0 bridgehead atoms. The zero-order chi connectivity index (χ0) is 20.1. The van der Waals surface area contributed by atoms with E-state index in [4.69, 9.17) is 9.47 Å². The molecular weight excluding hydrogens is 352 g/mol. The maximum absolute atomic E-state index is 13.1. The number of allylic oxidation sites excluding steroid dienone is 1. The predicted molar refractivity (Wildman–Crippen MR) is 110 cm³/mol. The number of fused-ring (bicyclic) bond motifs is 1. The van der Waals surface area contributed by atoms with Crippen LogP contribution in [0, 0.1) is 18.3 Å². The average Bonchev–Trinajstić information content (AvgIpc) is 3.05. The first-order chi connectivity index (χ1) is 13.6. The van der Waals surface area contributed by atoms with Crippen molar-refractivity contribution in [2.75, 3.05) is 13.7 Å². The number of methoxy groups -OCH3 is 1. The van der Waals surface area contributed by atoms with E-state index in [1.54, 1.807) is 31.4 Å². The molecule has 0 saturated carbocycles. The number of para-hydroxylation sites is 1. The molecule has 3 aromatic rings. The number of nitrogens with zero attached hydrogens (tertiary/aromatic N) is 1. The Morgan fingerprint density at radius 1 is 1.21 bits per heavy atom. The molecule has 0 amide bonds. The van der Waals surface area contributed by atoms with Crippen molar-refractivity contribution in [1.29, 1.82) is 5.26 Å². The van der Waals surface area contributed by atoms with Crippen LogP contribution in [0.25, 0.3) is 17.0 Å². The first-order valence-corrected chi connectivity index (χ1v) is 9.13. The number of hydrogen-bond acceptors (Lipinski definition) is 4. The van der Waals surface area contributed by atoms with Crippen LogP contribution in [0.4, 0.5) is 0 Å². The molecule has 28 heavy (non-hydrogen) atoms. The molecule has 0 aliphatic carbocycles. The number of aryl methyl sites for hydroxylation is 1. The molecule has 0 radical (unpaired) electrons. The second kappa shape index (κ2) is 8.45. The second-order valence-electron chi connectivity index (χ2n) is 6.43. The van der Waals surface area contributed by atoms with E-state index in [0.717, 1.165) is 23.0 Å². The molecule has 0 atom stereocenters. The largest absolute Gasteiger partial charge is 0.493 e. The number of benzene rings is 2. The van der Waals surface area contributed by atoms with Gasteiger partial charge in [0, 0.05) is 16.6 Å². The summed E-state index contributed by atoms with van der Waals surface area (Å²) in [7, 11) is 1.58. The van der Waals surface area contributed by atoms with Crippen LogP contribution < -0.4 is 9.47 Å². The number of ether oxygens (including phenoxy) is 2. The number of carbonyl (C=O) groups excluding carboxylic acids is 1. The lowest BCUT2D eigenvalue weighted by molar-refractivity contribution is 0.104. The van der Waals surface area contributed by atoms with Crippen LogP contribution in [0.15, 0.2) is 48.0 Å². The molecule has 0 fully saturated rings. The van der Waals surface area contributed by atoms with Gasteiger partial charge in [-0.2, -0.15) is 5.26 Å². The Hall–Kier alpha value is -3.52. The van der Waals surface area contributed by atoms with Gasteiger partial charge in [0.15, 0.2) is 11.5 Å². The van der Waals surface area contributed by atoms with Gasteiger partial charge in [-0.3, -0.25) is 4.79 Å². The smallest absolute Gasteiger partial charge is 0.205 e. The van der Waals surface area contributed by atoms with E-state index in [9.17, 15) is 10.1 Å². The van der Waals surface area contributed by atoms with E-state index in [2.05, 4.69) is 4.98 Å². The van der Waals surface area contributed by atoms with Gasteiger partial charge in [0.2, 0.25) is 5.78 Å². The van der Waals surface area contributed by atoms with Crippen molar-refractivity contribution in [2.45, 2.75) is 20.3 Å². The number of aromatic amines is 1. The van der Waals surface area contributed by atoms with E-state index >= 15 is 0 Å². The fraction of sp³-hybridized carbons (Fsp3) is 0.217. The number of carbonyl (C=O) groups is 1. The topological polar surface area (TPSA) is 75.1 Å². The molecule has 0 unspecified atom stereocenters. The number of Topliss-reactive ketones (excluding diaryl/α,β-unsaturated/α-hetero) is 1. The van der Waals surface area contributed by atoms with E-state index < -0.39 is 0 Å². The molecular formula is C23H22N2O3. The first-order valence-electron chi connectivity index (χ1n) is 9.13. The van der Waals surface area contributed by atoms with Crippen molar-refractivity contribution < 1.29 is 14.3 Å². The van der Waals surface area contributed by atoms with Crippen molar-refractivity contribution in [3.8, 4) is 17.6 Å². The van der Waals surface area contributed by atoms with E-state index in [-0.39, 0.29) is 11.4 Å². The maximum Gasteiger partial charge on any atom is 0.205 e. The van der Waals surface area contributed by atoms with Gasteiger partial charge in [0.05, 0.1) is 19.3 Å². The minimum absolute atomic E-state index is 0.0689. The number of nitriles is 1. The summed E-state index contributed by atoms with van der Waals surface area (Å²) in [6, 6.07) is 15.0. The van der Waals surface area contributed by atoms with Crippen molar-refractivity contribution in [2.24, 2.45) is 0 Å². The van der Waals surface area contributed by atoms with Gasteiger partial charge in [0.25, 0.3) is 0 Å². The van der Waals surface area contributed by atoms with Crippen LogP contribution in [-0.2, 0) is 0 Å². The molecule has 2 aromatic carbocycles. The van der Waals surface area contributed by atoms with Crippen LogP contribution in [0.2, 0.25) is 0 Å². The number of nitrogens with one attached hydrogen (secondary N) is 1. The number of aromatic nitrogens is 1. The van der Waals surface area contributed by atoms with Gasteiger partial charge >= 0.3 is 0 Å². The van der Waals surface area contributed by atoms with Crippen molar-refractivity contribution in [3.05, 3.63) is 64.9 Å². The lowest BCUT2D eigenvalue weighted by Gasteiger charge is -2.10. The van der Waals surface area contributed by atoms with Crippen molar-refractivity contribution in [3.63, 3.8) is 0 Å². The lowest BCUT2D eigenvalue weighted by Crippen LogP contribution is -2.03. The van der Waals surface area contributed by atoms with Crippen molar-refractivity contribution >= 4 is 22.8 Å². The zero-order valence-electron chi connectivity index (χ0n) is 16.2. The minimum Gasteiger partial charge on any atom is -0.493 e. The van der Waals surface area contributed by atoms with Gasteiger partial charge < -0.3 is 14.5 Å². The lowest BCUT2D eigenvalue weighted by atomic mass is 9.99. The SMILES string of the molecule is CCCOc1cc(/C=C(\C#N)C(=O)c2c(C)[nH]c3ccccc23)ccc1OC. The number of ketones is 1. The summed E-state index contributed by atoms with van der Waals surface area (Å²) in [5, 5.41) is 10.4. The number of rotatable bonds is 7. The van der Waals surface area contributed by atoms with E-state index in [0.29, 0.717) is 29.2 Å². The maximum atomic E-state index is 13.1. The van der Waals surface area contributed by atoms with Crippen molar-refractivity contribution in [1.82, 2.24) is 4.98 Å². The molecule has 142 valence electrons. The monoisotopic (exact) mass is 374 g/mol. The standard InChI is InChI=1S/C23H22N2O3/c1-4-11-28-21-13-16(9-10-20(21)27-3)12-17(14-24)23(26)22-15(2)25-19-8-6-5-7-18(19)22/h5-10,12-13,25H,4,11H2,1-3H3/b17-12+. The molecule has 0 aliphatic rings. The van der Waals surface area contributed by atoms with Gasteiger partial charge in [-0.25, -0.2) is 0 Å². The van der Waals surface area contributed by atoms with E-state index in [1.165, 1.54) is 0 Å². The summed E-state index contributed by atoms with van der Waals surface area (Å²) in [5.74, 6) is 0.901. The molecule has 5 heteroatoms. The van der Waals surface area contributed by atoms with Gasteiger partial charge in [-0.05, 0) is 43.2 Å². The Bertz CT molecular complexity index is 1090. The summed E-state index contributed by atoms with van der Waals surface area (Å²) in [6.07, 6.45) is 2.45. The summed E-state index contributed by atoms with van der Waals surface area (Å²) >= 11 is 0. The predicted octanol–water partition coefficient (Wildman–Crippen LogP) is 5.06. The Labute approximate surface area is 164 Å². The highest BCUT2D eigenvalue weighted by Crippen LogP contribution is 2.30. The third-order valence-corrected chi connectivity index (χ3v) is 4.45. The quantitative estimate of drug-likeness (QED) is 0.356. The molecule has 1 heterocycles. The fourth-order valence-electron chi connectivity index (χ4n) is 3.13. The Kier molecular flexibility index (Phi) is 5.81. The van der Waals surface area contributed by atoms with Crippen LogP contribution in [-0.4, -0.2) is 24.5 Å². The van der Waals surface area contributed by atoms with E-state index in [1.807, 2.05) is 44.2 Å². The van der Waals surface area contributed by atoms with Crippen LogP contribution >= 0.6 is 0 Å². The third-order valence-electron chi connectivity index (χ3n) is 4.45. The summed E-state index contributed by atoms with van der Waals surface area (Å²) in [6.45, 7) is 4.42. The zero-order valence-corrected chi connectivity index (χ0v) is 16.2. The van der Waals surface area contributed by atoms with Gasteiger partial charge in [-0.1, -0.05) is 31.2 Å². The number of H-pyrrole nitrogens is 1. The molecule has 0 saturated heterocycles. The molecule has 5 nitrogen and oxygen atoms in total. The average molecular weight is 374 g/mol. The molecule has 3 rings (SSSR count). The van der Waals surface area contributed by atoms with Crippen LogP contribution in [0.1, 0.15) is 35.0 Å². The Morgan fingerprint density at radius 2 is 2.00 bits per heavy atom. The highest BCUT2D eigenvalue weighted by atomic mass is 16.5. The first kappa shape index (κ1) is 19.2. The highest BCUT2D eigenvalue weighted by Gasteiger charge is 2.20. The van der Waals surface area contributed by atoms with Crippen LogP contribution in [0.3, 0.4) is 0 Å².